The monoisotopic (exact) mass is 819 g/mol. The van der Waals surface area contributed by atoms with Crippen LogP contribution in [0.25, 0.3) is 10.8 Å². The van der Waals surface area contributed by atoms with E-state index in [-0.39, 0.29) is 57.2 Å². The standard InChI is InChI=1S/C46H57N7O7/c47-46(48)49-26-13-23-38-43(56)52-39(44(57)50-37-22-11-19-33-16-7-8-21-36(33)37)25-29-59-27-9-10-28-60-31-35(20-12-24-41(54)34-17-5-2-6-18-34)42(55)53-40(45(58)51-38)30-32-14-3-1-4-15-32/h1-8,11,14-19,21-22,35,38-40H,9-10,12-13,20,23-31H2,(H,50,57)(H,51,58)(H,52,56)(H,53,55)(H4,47,48,49)/t35?,38-,39-,40+/m0/s1. The highest BCUT2D eigenvalue weighted by Crippen LogP contribution is 2.23. The molecule has 1 heterocycles. The van der Waals surface area contributed by atoms with Crippen molar-refractivity contribution in [2.45, 2.75) is 75.9 Å². The van der Waals surface area contributed by atoms with E-state index in [1.54, 1.807) is 18.2 Å². The van der Waals surface area contributed by atoms with Crippen LogP contribution in [0.3, 0.4) is 0 Å². The number of amides is 4. The van der Waals surface area contributed by atoms with Gasteiger partial charge in [-0.1, -0.05) is 97.1 Å². The lowest BCUT2D eigenvalue weighted by Gasteiger charge is -2.26. The minimum Gasteiger partial charge on any atom is -0.381 e. The molecule has 0 aromatic heterocycles. The fourth-order valence-corrected chi connectivity index (χ4v) is 6.99. The van der Waals surface area contributed by atoms with E-state index in [2.05, 4.69) is 26.3 Å². The van der Waals surface area contributed by atoms with E-state index >= 15 is 0 Å². The van der Waals surface area contributed by atoms with E-state index in [9.17, 15) is 24.0 Å². The van der Waals surface area contributed by atoms with E-state index in [0.29, 0.717) is 56.6 Å². The fourth-order valence-electron chi connectivity index (χ4n) is 6.99. The van der Waals surface area contributed by atoms with Gasteiger partial charge in [-0.25, -0.2) is 0 Å². The molecule has 1 aliphatic heterocycles. The SMILES string of the molecule is NC(N)=NCCC[C@@H]1NC(=O)[C@@H](Cc2ccccc2)NC(=O)C(CCCC(=O)c2ccccc2)COCCCCOCC[C@@H](C(=O)Nc2cccc3ccccc23)NC1=O. The maximum absolute atomic E-state index is 14.3. The lowest BCUT2D eigenvalue weighted by molar-refractivity contribution is -0.134. The summed E-state index contributed by atoms with van der Waals surface area (Å²) in [5.74, 6) is -2.82. The van der Waals surface area contributed by atoms with Crippen LogP contribution in [0.5, 0.6) is 0 Å². The third-order valence-electron chi connectivity index (χ3n) is 10.3. The van der Waals surface area contributed by atoms with Gasteiger partial charge in [-0.15, -0.1) is 0 Å². The van der Waals surface area contributed by atoms with Crippen LogP contribution in [0.15, 0.2) is 108 Å². The van der Waals surface area contributed by atoms with Crippen molar-refractivity contribution < 1.29 is 33.4 Å². The molecule has 1 unspecified atom stereocenters. The lowest BCUT2D eigenvalue weighted by atomic mass is 9.97. The van der Waals surface area contributed by atoms with Crippen molar-refractivity contribution in [3.8, 4) is 0 Å². The zero-order chi connectivity index (χ0) is 42.5. The molecule has 4 amide bonds. The number of guanidine groups is 1. The first-order valence-corrected chi connectivity index (χ1v) is 20.7. The first-order chi connectivity index (χ1) is 29.2. The second kappa shape index (κ2) is 24.1. The van der Waals surface area contributed by atoms with Gasteiger partial charge in [-0.05, 0) is 62.0 Å². The molecule has 14 nitrogen and oxygen atoms in total. The topological polar surface area (TPSA) is 216 Å². The summed E-state index contributed by atoms with van der Waals surface area (Å²) in [5, 5.41) is 13.5. The van der Waals surface area contributed by atoms with Gasteiger partial charge in [-0.2, -0.15) is 0 Å². The summed E-state index contributed by atoms with van der Waals surface area (Å²) < 4.78 is 11.9. The Bertz CT molecular complexity index is 2040. The van der Waals surface area contributed by atoms with E-state index < -0.39 is 47.7 Å². The van der Waals surface area contributed by atoms with Crippen LogP contribution < -0.4 is 32.7 Å². The number of ether oxygens (including phenoxy) is 2. The number of nitrogens with one attached hydrogen (secondary N) is 4. The zero-order valence-corrected chi connectivity index (χ0v) is 34.0. The molecule has 60 heavy (non-hydrogen) atoms. The first-order valence-electron chi connectivity index (χ1n) is 20.7. The summed E-state index contributed by atoms with van der Waals surface area (Å²) in [7, 11) is 0. The number of rotatable bonds is 13. The normalized spacial score (nSPS) is 20.0. The van der Waals surface area contributed by atoms with Gasteiger partial charge in [-0.3, -0.25) is 29.0 Å². The predicted molar refractivity (Wildman–Crippen MR) is 232 cm³/mol. The molecule has 0 saturated carbocycles. The molecule has 0 bridgehead atoms. The quantitative estimate of drug-likeness (QED) is 0.0487. The van der Waals surface area contributed by atoms with E-state index in [0.717, 1.165) is 16.3 Å². The molecule has 0 spiro atoms. The van der Waals surface area contributed by atoms with Crippen molar-refractivity contribution in [1.29, 1.82) is 0 Å². The maximum atomic E-state index is 14.3. The molecule has 14 heteroatoms. The zero-order valence-electron chi connectivity index (χ0n) is 34.0. The molecule has 4 aromatic carbocycles. The Morgan fingerprint density at radius 3 is 2.13 bits per heavy atom. The van der Waals surface area contributed by atoms with Crippen molar-refractivity contribution in [1.82, 2.24) is 16.0 Å². The smallest absolute Gasteiger partial charge is 0.247 e. The molecule has 8 N–H and O–H groups in total. The number of carbonyl (C=O) groups is 5. The number of hydrogen-bond donors (Lipinski definition) is 6. The van der Waals surface area contributed by atoms with Crippen LogP contribution in [0.2, 0.25) is 0 Å². The van der Waals surface area contributed by atoms with Gasteiger partial charge in [0, 0.05) is 55.8 Å². The Labute approximate surface area is 351 Å². The lowest BCUT2D eigenvalue weighted by Crippen LogP contribution is -2.57. The Morgan fingerprint density at radius 1 is 0.700 bits per heavy atom. The molecule has 1 aliphatic rings. The van der Waals surface area contributed by atoms with Gasteiger partial charge in [0.1, 0.15) is 18.1 Å². The average Bonchev–Trinajstić information content (AvgIpc) is 3.25. The highest BCUT2D eigenvalue weighted by Gasteiger charge is 2.31. The molecule has 4 atom stereocenters. The van der Waals surface area contributed by atoms with Crippen LogP contribution in [-0.2, 0) is 35.1 Å². The molecule has 0 aliphatic carbocycles. The summed E-state index contributed by atoms with van der Waals surface area (Å²) in [6.45, 7) is 1.23. The average molecular weight is 820 g/mol. The van der Waals surface area contributed by atoms with Crippen molar-refractivity contribution in [3.63, 3.8) is 0 Å². The largest absolute Gasteiger partial charge is 0.381 e. The molecular weight excluding hydrogens is 763 g/mol. The molecule has 318 valence electrons. The van der Waals surface area contributed by atoms with Crippen LogP contribution in [0.1, 0.15) is 67.3 Å². The minimum absolute atomic E-state index is 0.0215. The Morgan fingerprint density at radius 2 is 1.37 bits per heavy atom. The second-order valence-electron chi connectivity index (χ2n) is 14.9. The Hall–Kier alpha value is -6.12. The van der Waals surface area contributed by atoms with Crippen molar-refractivity contribution in [2.75, 3.05) is 38.3 Å². The molecule has 5 rings (SSSR count). The number of aliphatic imine (C=N–C) groups is 1. The number of Topliss-reactive ketones (excluding diaryl/α,β-unsaturated/α-hetero) is 1. The number of nitrogens with two attached hydrogens (primary N) is 2. The number of hydrogen-bond acceptors (Lipinski definition) is 8. The summed E-state index contributed by atoms with van der Waals surface area (Å²) in [5.41, 5.74) is 13.1. The van der Waals surface area contributed by atoms with Gasteiger partial charge in [0.25, 0.3) is 0 Å². The molecule has 0 radical (unpaired) electrons. The summed E-state index contributed by atoms with van der Waals surface area (Å²) in [6, 6.07) is 28.3. The Balaban J connectivity index is 1.38. The van der Waals surface area contributed by atoms with E-state index in [4.69, 9.17) is 20.9 Å². The van der Waals surface area contributed by atoms with Crippen molar-refractivity contribution in [2.24, 2.45) is 22.4 Å². The van der Waals surface area contributed by atoms with Gasteiger partial charge >= 0.3 is 0 Å². The molecule has 1 fully saturated rings. The minimum atomic E-state index is -1.12. The van der Waals surface area contributed by atoms with Gasteiger partial charge < -0.3 is 42.2 Å². The number of carbonyl (C=O) groups excluding carboxylic acids is 5. The van der Waals surface area contributed by atoms with E-state index in [1.165, 1.54) is 0 Å². The third kappa shape index (κ3) is 14.6. The number of fused-ring (bicyclic) bond motifs is 1. The Kier molecular flexibility index (Phi) is 18.0. The van der Waals surface area contributed by atoms with Crippen molar-refractivity contribution >= 4 is 51.8 Å². The van der Waals surface area contributed by atoms with Gasteiger partial charge in [0.15, 0.2) is 11.7 Å². The van der Waals surface area contributed by atoms with Crippen LogP contribution in [0.4, 0.5) is 5.69 Å². The molecule has 4 aromatic rings. The number of ketones is 1. The molecular formula is C46H57N7O7. The highest BCUT2D eigenvalue weighted by atomic mass is 16.5. The second-order valence-corrected chi connectivity index (χ2v) is 14.9. The predicted octanol–water partition coefficient (Wildman–Crippen LogP) is 4.42. The number of benzene rings is 4. The van der Waals surface area contributed by atoms with Crippen LogP contribution in [0, 0.1) is 5.92 Å². The highest BCUT2D eigenvalue weighted by molar-refractivity contribution is 6.05. The maximum Gasteiger partial charge on any atom is 0.247 e. The van der Waals surface area contributed by atoms with Crippen LogP contribution in [-0.4, -0.2) is 86.5 Å². The van der Waals surface area contributed by atoms with Gasteiger partial charge in [0.2, 0.25) is 23.6 Å². The molecule has 1 saturated heterocycles. The van der Waals surface area contributed by atoms with E-state index in [1.807, 2.05) is 84.9 Å². The number of anilines is 1. The fraction of sp³-hybridized carbons (Fsp3) is 0.391. The summed E-state index contributed by atoms with van der Waals surface area (Å²) >= 11 is 0. The first kappa shape index (κ1) is 45.0. The third-order valence-corrected chi connectivity index (χ3v) is 10.3. The summed E-state index contributed by atoms with van der Waals surface area (Å²) in [6.07, 6.45) is 3.10. The van der Waals surface area contributed by atoms with Crippen LogP contribution >= 0.6 is 0 Å². The van der Waals surface area contributed by atoms with Gasteiger partial charge in [0.05, 0.1) is 12.5 Å². The summed E-state index contributed by atoms with van der Waals surface area (Å²) in [4.78, 5) is 73.4. The number of nitrogens with zero attached hydrogens (tertiary/aromatic N) is 1. The van der Waals surface area contributed by atoms with Crippen molar-refractivity contribution in [3.05, 3.63) is 114 Å².